The van der Waals surface area contributed by atoms with Crippen molar-refractivity contribution in [2.24, 2.45) is 0 Å². The molecule has 0 aromatic carbocycles. The summed E-state index contributed by atoms with van der Waals surface area (Å²) in [5, 5.41) is 8.86. The molecule has 0 aromatic heterocycles. The number of hydrogen-bond donors (Lipinski definition) is 0. The second-order valence-electron chi connectivity index (χ2n) is 3.17. The van der Waals surface area contributed by atoms with Crippen LogP contribution in [0.2, 0.25) is 0 Å². The van der Waals surface area contributed by atoms with Crippen LogP contribution in [0.3, 0.4) is 0 Å². The number of rotatable bonds is 3. The highest BCUT2D eigenvalue weighted by atomic mass is 32.2. The molecule has 1 atom stereocenters. The third kappa shape index (κ3) is 2.69. The monoisotopic (exact) mass is 184 g/mol. The van der Waals surface area contributed by atoms with E-state index in [4.69, 9.17) is 5.26 Å². The average Bonchev–Trinajstić information content (AvgIpc) is 2.15. The molecule has 68 valence electrons. The lowest BCUT2D eigenvalue weighted by Gasteiger charge is -2.30. The van der Waals surface area contributed by atoms with Crippen molar-refractivity contribution in [1.82, 2.24) is 4.90 Å². The minimum absolute atomic E-state index is 0.200. The highest BCUT2D eigenvalue weighted by Gasteiger charge is 2.20. The predicted octanol–water partition coefficient (Wildman–Crippen LogP) is 1.73. The fourth-order valence-corrected chi connectivity index (χ4v) is 2.03. The molecule has 0 bridgehead atoms. The van der Waals surface area contributed by atoms with Gasteiger partial charge in [-0.15, -0.1) is 0 Å². The molecule has 0 N–H and O–H groups in total. The molecular formula is C9H16N2S. The van der Waals surface area contributed by atoms with Crippen LogP contribution in [0.5, 0.6) is 0 Å². The van der Waals surface area contributed by atoms with Crippen molar-refractivity contribution >= 4 is 11.8 Å². The zero-order valence-electron chi connectivity index (χ0n) is 7.62. The Morgan fingerprint density at radius 3 is 3.08 bits per heavy atom. The number of likely N-dealkylation sites (tertiary alicyclic amines) is 1. The van der Waals surface area contributed by atoms with E-state index in [9.17, 15) is 0 Å². The first-order valence-electron chi connectivity index (χ1n) is 4.51. The molecule has 12 heavy (non-hydrogen) atoms. The maximum absolute atomic E-state index is 8.86. The molecule has 1 aliphatic rings. The number of hydrogen-bond acceptors (Lipinski definition) is 3. The van der Waals surface area contributed by atoms with E-state index in [1.54, 1.807) is 0 Å². The molecule has 0 aliphatic carbocycles. The average molecular weight is 184 g/mol. The van der Waals surface area contributed by atoms with Gasteiger partial charge in [-0.25, -0.2) is 0 Å². The maximum Gasteiger partial charge on any atom is 0.0978 e. The first-order chi connectivity index (χ1) is 5.88. The molecule has 0 saturated carbocycles. The van der Waals surface area contributed by atoms with Crippen molar-refractivity contribution < 1.29 is 0 Å². The zero-order valence-corrected chi connectivity index (χ0v) is 8.44. The first kappa shape index (κ1) is 9.88. The van der Waals surface area contributed by atoms with Crippen molar-refractivity contribution in [2.45, 2.75) is 25.3 Å². The van der Waals surface area contributed by atoms with Gasteiger partial charge in [0, 0.05) is 12.3 Å². The normalized spacial score (nSPS) is 25.2. The Bertz CT molecular complexity index is 164. The van der Waals surface area contributed by atoms with Crippen LogP contribution in [-0.4, -0.2) is 36.0 Å². The van der Waals surface area contributed by atoms with Crippen LogP contribution in [0.4, 0.5) is 0 Å². The molecule has 1 fully saturated rings. The van der Waals surface area contributed by atoms with Crippen LogP contribution in [0.1, 0.15) is 19.3 Å². The minimum Gasteiger partial charge on any atom is -0.287 e. The van der Waals surface area contributed by atoms with Gasteiger partial charge in [-0.3, -0.25) is 4.90 Å². The van der Waals surface area contributed by atoms with Crippen molar-refractivity contribution in [2.75, 3.05) is 25.1 Å². The van der Waals surface area contributed by atoms with Gasteiger partial charge in [0.2, 0.25) is 0 Å². The molecule has 0 spiro atoms. The molecule has 0 amide bonds. The molecule has 1 aliphatic heterocycles. The van der Waals surface area contributed by atoms with E-state index in [0.717, 1.165) is 25.3 Å². The van der Waals surface area contributed by atoms with Gasteiger partial charge in [-0.05, 0) is 32.1 Å². The number of nitrogens with zero attached hydrogens (tertiary/aromatic N) is 2. The van der Waals surface area contributed by atoms with E-state index in [-0.39, 0.29) is 6.04 Å². The summed E-state index contributed by atoms with van der Waals surface area (Å²) in [6, 6.07) is 2.58. The van der Waals surface area contributed by atoms with Gasteiger partial charge in [0.25, 0.3) is 0 Å². The summed E-state index contributed by atoms with van der Waals surface area (Å²) < 4.78 is 0. The molecule has 1 heterocycles. The van der Waals surface area contributed by atoms with Gasteiger partial charge in [0.05, 0.1) is 12.1 Å². The Kier molecular flexibility index (Phi) is 4.49. The maximum atomic E-state index is 8.86. The standard InChI is InChI=1S/C9H16N2S/c1-12-7-6-11-5-3-2-4-9(11)8-10/h9H,2-7H2,1H3. The summed E-state index contributed by atoms with van der Waals surface area (Å²) in [4.78, 5) is 2.32. The fraction of sp³-hybridized carbons (Fsp3) is 0.889. The van der Waals surface area contributed by atoms with Gasteiger partial charge >= 0.3 is 0 Å². The molecule has 1 unspecified atom stereocenters. The summed E-state index contributed by atoms with van der Waals surface area (Å²) in [5.74, 6) is 1.15. The van der Waals surface area contributed by atoms with Crippen molar-refractivity contribution in [3.8, 4) is 6.07 Å². The number of nitriles is 1. The molecule has 1 rings (SSSR count). The Balaban J connectivity index is 2.32. The van der Waals surface area contributed by atoms with Crippen molar-refractivity contribution in [1.29, 1.82) is 5.26 Å². The van der Waals surface area contributed by atoms with Crippen LogP contribution >= 0.6 is 11.8 Å². The number of thioether (sulfide) groups is 1. The Morgan fingerprint density at radius 2 is 2.42 bits per heavy atom. The summed E-state index contributed by atoms with van der Waals surface area (Å²) >= 11 is 1.86. The van der Waals surface area contributed by atoms with Crippen molar-refractivity contribution in [3.63, 3.8) is 0 Å². The van der Waals surface area contributed by atoms with Gasteiger partial charge in [0.15, 0.2) is 0 Å². The summed E-state index contributed by atoms with van der Waals surface area (Å²) in [6.07, 6.45) is 5.69. The van der Waals surface area contributed by atoms with E-state index in [0.29, 0.717) is 0 Å². The van der Waals surface area contributed by atoms with Gasteiger partial charge in [-0.1, -0.05) is 0 Å². The lowest BCUT2D eigenvalue weighted by molar-refractivity contribution is 0.196. The quantitative estimate of drug-likeness (QED) is 0.668. The predicted molar refractivity (Wildman–Crippen MR) is 53.2 cm³/mol. The smallest absolute Gasteiger partial charge is 0.0978 e. The second-order valence-corrected chi connectivity index (χ2v) is 4.16. The lowest BCUT2D eigenvalue weighted by atomic mass is 10.0. The molecule has 3 heteroatoms. The van der Waals surface area contributed by atoms with Crippen LogP contribution in [0.25, 0.3) is 0 Å². The summed E-state index contributed by atoms with van der Waals surface area (Å²) in [5.41, 5.74) is 0. The minimum atomic E-state index is 0.200. The van der Waals surface area contributed by atoms with Crippen molar-refractivity contribution in [3.05, 3.63) is 0 Å². The summed E-state index contributed by atoms with van der Waals surface area (Å²) in [6.45, 7) is 2.21. The van der Waals surface area contributed by atoms with E-state index in [1.165, 1.54) is 12.8 Å². The van der Waals surface area contributed by atoms with Crippen LogP contribution in [0.15, 0.2) is 0 Å². The third-order valence-corrected chi connectivity index (χ3v) is 2.94. The van der Waals surface area contributed by atoms with Gasteiger partial charge in [0.1, 0.15) is 0 Å². The molecule has 1 saturated heterocycles. The second kappa shape index (κ2) is 5.45. The Morgan fingerprint density at radius 1 is 1.58 bits per heavy atom. The molecule has 2 nitrogen and oxygen atoms in total. The van der Waals surface area contributed by atoms with E-state index in [1.807, 2.05) is 11.8 Å². The zero-order chi connectivity index (χ0) is 8.81. The summed E-state index contributed by atoms with van der Waals surface area (Å²) in [7, 11) is 0. The fourth-order valence-electron chi connectivity index (χ4n) is 1.61. The van der Waals surface area contributed by atoms with E-state index >= 15 is 0 Å². The Labute approximate surface area is 78.9 Å². The molecular weight excluding hydrogens is 168 g/mol. The highest BCUT2D eigenvalue weighted by molar-refractivity contribution is 7.98. The lowest BCUT2D eigenvalue weighted by Crippen LogP contribution is -2.39. The van der Waals surface area contributed by atoms with Crippen LogP contribution < -0.4 is 0 Å². The Hall–Kier alpha value is -0.200. The molecule has 0 radical (unpaired) electrons. The SMILES string of the molecule is CSCCN1CCCCC1C#N. The number of piperidine rings is 1. The first-order valence-corrected chi connectivity index (χ1v) is 5.90. The van der Waals surface area contributed by atoms with Gasteiger partial charge in [-0.2, -0.15) is 17.0 Å². The van der Waals surface area contributed by atoms with Crippen LogP contribution in [0, 0.1) is 11.3 Å². The van der Waals surface area contributed by atoms with E-state index in [2.05, 4.69) is 17.2 Å². The third-order valence-electron chi connectivity index (χ3n) is 2.35. The largest absolute Gasteiger partial charge is 0.287 e. The highest BCUT2D eigenvalue weighted by Crippen LogP contribution is 2.16. The molecule has 0 aromatic rings. The van der Waals surface area contributed by atoms with Gasteiger partial charge < -0.3 is 0 Å². The van der Waals surface area contributed by atoms with Crippen LogP contribution in [-0.2, 0) is 0 Å². The van der Waals surface area contributed by atoms with E-state index < -0.39 is 0 Å². The topological polar surface area (TPSA) is 27.0 Å².